The molecule has 0 aliphatic carbocycles. The maximum atomic E-state index is 12.6. The van der Waals surface area contributed by atoms with Crippen molar-refractivity contribution in [1.29, 1.82) is 0 Å². The van der Waals surface area contributed by atoms with Crippen LogP contribution < -0.4 is 5.56 Å². The Bertz CT molecular complexity index is 794. The molecule has 3 rings (SSSR count). The van der Waals surface area contributed by atoms with Crippen LogP contribution in [0.15, 0.2) is 39.9 Å². The second kappa shape index (κ2) is 6.74. The maximum absolute atomic E-state index is 12.6. The Balaban J connectivity index is 1.70. The van der Waals surface area contributed by atoms with Crippen LogP contribution in [0.1, 0.15) is 32.8 Å². The topological polar surface area (TPSA) is 86.6 Å². The van der Waals surface area contributed by atoms with E-state index in [9.17, 15) is 14.4 Å². The van der Waals surface area contributed by atoms with Gasteiger partial charge in [-0.25, -0.2) is 0 Å². The van der Waals surface area contributed by atoms with Gasteiger partial charge in [0.25, 0.3) is 17.4 Å². The number of H-pyrrole nitrogens is 1. The van der Waals surface area contributed by atoms with Crippen LogP contribution in [0.3, 0.4) is 0 Å². The molecule has 2 amide bonds. The van der Waals surface area contributed by atoms with Gasteiger partial charge in [-0.1, -0.05) is 0 Å². The van der Waals surface area contributed by atoms with Crippen molar-refractivity contribution >= 4 is 11.8 Å². The Labute approximate surface area is 138 Å². The summed E-state index contributed by atoms with van der Waals surface area (Å²) in [6, 6.07) is 4.89. The molecule has 7 nitrogen and oxygen atoms in total. The normalized spacial score (nSPS) is 15.2. The van der Waals surface area contributed by atoms with Crippen LogP contribution in [0, 0.1) is 6.92 Å². The van der Waals surface area contributed by atoms with E-state index in [0.29, 0.717) is 43.9 Å². The highest BCUT2D eigenvalue weighted by Gasteiger charge is 2.25. The van der Waals surface area contributed by atoms with Crippen molar-refractivity contribution in [3.63, 3.8) is 0 Å². The molecule has 7 heteroatoms. The molecule has 0 bridgehead atoms. The van der Waals surface area contributed by atoms with Crippen LogP contribution in [0.4, 0.5) is 0 Å². The minimum Gasteiger partial charge on any atom is -0.472 e. The lowest BCUT2D eigenvalue weighted by atomic mass is 10.2. The standard InChI is InChI=1S/C17H19N3O4/c1-12-3-4-14(15(21)18-12)17(23)20-7-2-6-19(8-9-20)16(22)13-5-10-24-11-13/h3-5,10-11H,2,6-9H2,1H3,(H,18,21). The third kappa shape index (κ3) is 3.24. The van der Waals surface area contributed by atoms with Gasteiger partial charge >= 0.3 is 0 Å². The summed E-state index contributed by atoms with van der Waals surface area (Å²) in [4.78, 5) is 42.9. The van der Waals surface area contributed by atoms with Gasteiger partial charge in [0.05, 0.1) is 11.8 Å². The Morgan fingerprint density at radius 1 is 1.04 bits per heavy atom. The number of hydrogen-bond acceptors (Lipinski definition) is 4. The number of carbonyl (C=O) groups excluding carboxylic acids is 2. The van der Waals surface area contributed by atoms with Crippen LogP contribution in [-0.4, -0.2) is 52.8 Å². The third-order valence-electron chi connectivity index (χ3n) is 4.12. The molecule has 0 unspecified atom stereocenters. The molecule has 2 aromatic rings. The summed E-state index contributed by atoms with van der Waals surface area (Å²) in [6.45, 7) is 3.68. The fraction of sp³-hybridized carbons (Fsp3) is 0.353. The van der Waals surface area contributed by atoms with Gasteiger partial charge in [0, 0.05) is 31.9 Å². The minimum atomic E-state index is -0.379. The minimum absolute atomic E-state index is 0.105. The lowest BCUT2D eigenvalue weighted by Crippen LogP contribution is -2.39. The largest absolute Gasteiger partial charge is 0.472 e. The Morgan fingerprint density at radius 2 is 1.75 bits per heavy atom. The number of aromatic amines is 1. The predicted octanol–water partition coefficient (Wildman–Crippen LogP) is 1.26. The number of pyridine rings is 1. The number of amides is 2. The van der Waals surface area contributed by atoms with E-state index in [-0.39, 0.29) is 22.9 Å². The number of carbonyl (C=O) groups is 2. The predicted molar refractivity (Wildman–Crippen MR) is 86.9 cm³/mol. The summed E-state index contributed by atoms with van der Waals surface area (Å²) < 4.78 is 4.95. The van der Waals surface area contributed by atoms with E-state index in [0.717, 1.165) is 0 Å². The van der Waals surface area contributed by atoms with E-state index in [1.165, 1.54) is 12.5 Å². The van der Waals surface area contributed by atoms with Gasteiger partial charge < -0.3 is 19.2 Å². The second-order valence-corrected chi connectivity index (χ2v) is 5.83. The van der Waals surface area contributed by atoms with Crippen molar-refractivity contribution in [2.24, 2.45) is 0 Å². The molecule has 0 atom stereocenters. The van der Waals surface area contributed by atoms with E-state index >= 15 is 0 Å². The number of nitrogens with one attached hydrogen (secondary N) is 1. The van der Waals surface area contributed by atoms with Crippen LogP contribution in [0.5, 0.6) is 0 Å². The zero-order chi connectivity index (χ0) is 17.1. The summed E-state index contributed by atoms with van der Waals surface area (Å²) in [7, 11) is 0. The monoisotopic (exact) mass is 329 g/mol. The smallest absolute Gasteiger partial charge is 0.260 e. The molecule has 1 aliphatic heterocycles. The van der Waals surface area contributed by atoms with Crippen LogP contribution in [-0.2, 0) is 0 Å². The lowest BCUT2D eigenvalue weighted by Gasteiger charge is -2.21. The van der Waals surface area contributed by atoms with E-state index in [1.807, 2.05) is 0 Å². The SMILES string of the molecule is Cc1ccc(C(=O)N2CCCN(C(=O)c3ccoc3)CC2)c(=O)[nH]1. The molecule has 0 aromatic carbocycles. The van der Waals surface area contributed by atoms with E-state index < -0.39 is 0 Å². The molecule has 2 aromatic heterocycles. The summed E-state index contributed by atoms with van der Waals surface area (Å²) in [6.07, 6.45) is 3.55. The zero-order valence-electron chi connectivity index (χ0n) is 13.4. The van der Waals surface area contributed by atoms with Gasteiger partial charge in [-0.3, -0.25) is 14.4 Å². The number of rotatable bonds is 2. The molecular formula is C17H19N3O4. The Kier molecular flexibility index (Phi) is 4.50. The molecule has 0 radical (unpaired) electrons. The lowest BCUT2D eigenvalue weighted by molar-refractivity contribution is 0.0717. The molecule has 1 saturated heterocycles. The molecule has 0 saturated carbocycles. The molecule has 1 aliphatic rings. The number of nitrogens with zero attached hydrogens (tertiary/aromatic N) is 2. The van der Waals surface area contributed by atoms with Gasteiger partial charge in [-0.2, -0.15) is 0 Å². The first kappa shape index (κ1) is 16.0. The Hall–Kier alpha value is -2.83. The van der Waals surface area contributed by atoms with Crippen molar-refractivity contribution < 1.29 is 14.0 Å². The summed E-state index contributed by atoms with van der Waals surface area (Å²) in [5.74, 6) is -0.403. The number of aromatic nitrogens is 1. The van der Waals surface area contributed by atoms with Crippen molar-refractivity contribution in [1.82, 2.24) is 14.8 Å². The molecular weight excluding hydrogens is 310 g/mol. The zero-order valence-corrected chi connectivity index (χ0v) is 13.4. The van der Waals surface area contributed by atoms with Gasteiger partial charge in [0.15, 0.2) is 0 Å². The van der Waals surface area contributed by atoms with Crippen molar-refractivity contribution in [3.8, 4) is 0 Å². The first-order valence-corrected chi connectivity index (χ1v) is 7.87. The third-order valence-corrected chi connectivity index (χ3v) is 4.12. The van der Waals surface area contributed by atoms with Crippen molar-refractivity contribution in [3.05, 3.63) is 57.9 Å². The number of aryl methyl sites for hydroxylation is 1. The average molecular weight is 329 g/mol. The van der Waals surface area contributed by atoms with Gasteiger partial charge in [0.2, 0.25) is 0 Å². The van der Waals surface area contributed by atoms with Gasteiger partial charge in [-0.05, 0) is 31.5 Å². The molecule has 0 spiro atoms. The van der Waals surface area contributed by atoms with Crippen molar-refractivity contribution in [2.45, 2.75) is 13.3 Å². The second-order valence-electron chi connectivity index (χ2n) is 5.83. The van der Waals surface area contributed by atoms with Crippen molar-refractivity contribution in [2.75, 3.05) is 26.2 Å². The highest BCUT2D eigenvalue weighted by molar-refractivity contribution is 5.95. The van der Waals surface area contributed by atoms with Crippen LogP contribution in [0.2, 0.25) is 0 Å². The molecule has 126 valence electrons. The quantitative estimate of drug-likeness (QED) is 0.899. The van der Waals surface area contributed by atoms with Gasteiger partial charge in [0.1, 0.15) is 11.8 Å². The summed E-state index contributed by atoms with van der Waals surface area (Å²) in [5.41, 5.74) is 0.972. The Morgan fingerprint density at radius 3 is 2.38 bits per heavy atom. The number of hydrogen-bond donors (Lipinski definition) is 1. The van der Waals surface area contributed by atoms with E-state index in [2.05, 4.69) is 4.98 Å². The molecule has 24 heavy (non-hydrogen) atoms. The number of furan rings is 1. The average Bonchev–Trinajstić information content (AvgIpc) is 2.98. The maximum Gasteiger partial charge on any atom is 0.260 e. The molecule has 3 heterocycles. The van der Waals surface area contributed by atoms with Crippen LogP contribution in [0.25, 0.3) is 0 Å². The van der Waals surface area contributed by atoms with Gasteiger partial charge in [-0.15, -0.1) is 0 Å². The highest BCUT2D eigenvalue weighted by atomic mass is 16.3. The first-order valence-electron chi connectivity index (χ1n) is 7.87. The summed E-state index contributed by atoms with van der Waals surface area (Å²) >= 11 is 0. The fourth-order valence-electron chi connectivity index (χ4n) is 2.80. The highest BCUT2D eigenvalue weighted by Crippen LogP contribution is 2.11. The first-order chi connectivity index (χ1) is 11.6. The summed E-state index contributed by atoms with van der Waals surface area (Å²) in [5, 5.41) is 0. The fourth-order valence-corrected chi connectivity index (χ4v) is 2.80. The van der Waals surface area contributed by atoms with E-state index in [1.54, 1.807) is 34.9 Å². The molecule has 1 fully saturated rings. The van der Waals surface area contributed by atoms with E-state index in [4.69, 9.17) is 4.42 Å². The van der Waals surface area contributed by atoms with Crippen LogP contribution >= 0.6 is 0 Å². The molecule has 1 N–H and O–H groups in total.